The molecule has 7 heteroatoms. The van der Waals surface area contributed by atoms with Gasteiger partial charge in [0.25, 0.3) is 5.69 Å². The lowest BCUT2D eigenvalue weighted by atomic mass is 10.0. The van der Waals surface area contributed by atoms with Crippen molar-refractivity contribution in [2.75, 3.05) is 6.61 Å². The van der Waals surface area contributed by atoms with Gasteiger partial charge in [0.2, 0.25) is 0 Å². The Morgan fingerprint density at radius 1 is 1.53 bits per heavy atom. The molecule has 0 bridgehead atoms. The van der Waals surface area contributed by atoms with Gasteiger partial charge in [-0.3, -0.25) is 10.1 Å². The summed E-state index contributed by atoms with van der Waals surface area (Å²) in [5.74, 6) is -1.05. The lowest BCUT2D eigenvalue weighted by molar-refractivity contribution is -0.385. The zero-order chi connectivity index (χ0) is 14.8. The van der Waals surface area contributed by atoms with Gasteiger partial charge in [0.15, 0.2) is 11.6 Å². The molecule has 1 unspecified atom stereocenters. The Hall–Kier alpha value is -1.73. The van der Waals surface area contributed by atoms with Crippen molar-refractivity contribution in [1.29, 1.82) is 0 Å². The number of nitro benzene ring substituents is 1. The first-order chi connectivity index (χ1) is 8.64. The van der Waals surface area contributed by atoms with Crippen LogP contribution in [-0.4, -0.2) is 33.4 Å². The summed E-state index contributed by atoms with van der Waals surface area (Å²) in [4.78, 5) is 9.92. The third kappa shape index (κ3) is 3.62. The van der Waals surface area contributed by atoms with E-state index >= 15 is 0 Å². The summed E-state index contributed by atoms with van der Waals surface area (Å²) in [6.07, 6.45) is -1.21. The number of rotatable bonds is 5. The second-order valence-corrected chi connectivity index (χ2v) is 4.76. The van der Waals surface area contributed by atoms with Gasteiger partial charge in [0, 0.05) is 6.07 Å². The molecule has 6 nitrogen and oxygen atoms in total. The molecule has 0 heterocycles. The topological polar surface area (TPSA) is 92.8 Å². The quantitative estimate of drug-likeness (QED) is 0.627. The Balaban J connectivity index is 2.87. The molecule has 1 rings (SSSR count). The number of hydrogen-bond acceptors (Lipinski definition) is 5. The normalized spacial score (nSPS) is 13.2. The van der Waals surface area contributed by atoms with Crippen molar-refractivity contribution in [2.45, 2.75) is 32.5 Å². The molecule has 0 saturated heterocycles. The Labute approximate surface area is 109 Å². The number of nitro groups is 1. The van der Waals surface area contributed by atoms with Crippen LogP contribution in [0, 0.1) is 22.9 Å². The highest BCUT2D eigenvalue weighted by Gasteiger charge is 2.26. The van der Waals surface area contributed by atoms with Gasteiger partial charge in [-0.05, 0) is 26.8 Å². The molecule has 1 atom stereocenters. The molecular weight excluding hydrogens is 257 g/mol. The summed E-state index contributed by atoms with van der Waals surface area (Å²) < 4.78 is 18.8. The van der Waals surface area contributed by atoms with Crippen LogP contribution in [0.15, 0.2) is 12.1 Å². The lowest BCUT2D eigenvalue weighted by Gasteiger charge is -2.24. The van der Waals surface area contributed by atoms with Gasteiger partial charge in [-0.1, -0.05) is 0 Å². The molecule has 0 aliphatic heterocycles. The minimum absolute atomic E-state index is 0.139. The molecule has 0 amide bonds. The first-order valence-corrected chi connectivity index (χ1v) is 5.61. The summed E-state index contributed by atoms with van der Waals surface area (Å²) in [5.41, 5.74) is -1.86. The predicted molar refractivity (Wildman–Crippen MR) is 65.6 cm³/mol. The summed E-state index contributed by atoms with van der Waals surface area (Å²) >= 11 is 0. The number of benzene rings is 1. The number of nitrogens with zero attached hydrogens (tertiary/aromatic N) is 1. The van der Waals surface area contributed by atoms with Gasteiger partial charge >= 0.3 is 0 Å². The van der Waals surface area contributed by atoms with Crippen LogP contribution < -0.4 is 4.74 Å². The maximum Gasteiger partial charge on any atom is 0.275 e. The highest BCUT2D eigenvalue weighted by atomic mass is 19.1. The maximum atomic E-state index is 13.8. The third-order valence-electron chi connectivity index (χ3n) is 2.73. The zero-order valence-corrected chi connectivity index (χ0v) is 10.9. The van der Waals surface area contributed by atoms with E-state index in [2.05, 4.69) is 0 Å². The second-order valence-electron chi connectivity index (χ2n) is 4.76. The average molecular weight is 273 g/mol. The van der Waals surface area contributed by atoms with E-state index < -0.39 is 22.4 Å². The molecule has 0 aliphatic rings. The van der Waals surface area contributed by atoms with Crippen molar-refractivity contribution < 1.29 is 24.3 Å². The minimum Gasteiger partial charge on any atom is -0.488 e. The van der Waals surface area contributed by atoms with Crippen molar-refractivity contribution >= 4 is 5.69 Å². The van der Waals surface area contributed by atoms with E-state index in [4.69, 9.17) is 4.74 Å². The van der Waals surface area contributed by atoms with Crippen molar-refractivity contribution in [3.63, 3.8) is 0 Å². The van der Waals surface area contributed by atoms with Crippen LogP contribution in [0.2, 0.25) is 0 Å². The van der Waals surface area contributed by atoms with Crippen LogP contribution in [-0.2, 0) is 0 Å². The van der Waals surface area contributed by atoms with Gasteiger partial charge in [-0.2, -0.15) is 0 Å². The molecule has 1 aromatic rings. The first-order valence-electron chi connectivity index (χ1n) is 5.61. The molecule has 2 N–H and O–H groups in total. The van der Waals surface area contributed by atoms with Crippen LogP contribution in [0.4, 0.5) is 10.1 Å². The number of hydrogen-bond donors (Lipinski definition) is 2. The summed E-state index contributed by atoms with van der Waals surface area (Å²) in [6, 6.07) is 2.25. The van der Waals surface area contributed by atoms with Gasteiger partial charge < -0.3 is 14.9 Å². The van der Waals surface area contributed by atoms with Crippen molar-refractivity contribution in [3.8, 4) is 5.75 Å². The molecule has 0 radical (unpaired) electrons. The molecule has 1 aromatic carbocycles. The fourth-order valence-electron chi connectivity index (χ4n) is 1.33. The summed E-state index contributed by atoms with van der Waals surface area (Å²) in [7, 11) is 0. The van der Waals surface area contributed by atoms with E-state index in [9.17, 15) is 24.7 Å². The first kappa shape index (κ1) is 15.3. The van der Waals surface area contributed by atoms with E-state index in [0.29, 0.717) is 0 Å². The number of aliphatic hydroxyl groups excluding tert-OH is 1. The summed E-state index contributed by atoms with van der Waals surface area (Å²) in [6.45, 7) is 3.72. The fraction of sp³-hybridized carbons (Fsp3) is 0.500. The van der Waals surface area contributed by atoms with Crippen molar-refractivity contribution in [2.24, 2.45) is 0 Å². The van der Waals surface area contributed by atoms with Gasteiger partial charge in [0.05, 0.1) is 16.1 Å². The Bertz CT molecular complexity index is 484. The highest BCUT2D eigenvalue weighted by Crippen LogP contribution is 2.28. The van der Waals surface area contributed by atoms with Crippen molar-refractivity contribution in [1.82, 2.24) is 0 Å². The average Bonchev–Trinajstić information content (AvgIpc) is 2.28. The minimum atomic E-state index is -1.38. The standard InChI is InChI=1S/C12H16FNO5/c1-7-8(14(17)18)4-5-9(11(7)13)19-6-10(15)12(2,3)16/h4-5,10,15-16H,6H2,1-3H3. The zero-order valence-electron chi connectivity index (χ0n) is 10.9. The lowest BCUT2D eigenvalue weighted by Crippen LogP contribution is -2.40. The molecular formula is C12H16FNO5. The van der Waals surface area contributed by atoms with Gasteiger partial charge in [-0.15, -0.1) is 0 Å². The molecule has 0 saturated carbocycles. The van der Waals surface area contributed by atoms with E-state index in [-0.39, 0.29) is 23.6 Å². The molecule has 0 spiro atoms. The molecule has 0 fully saturated rings. The Morgan fingerprint density at radius 3 is 2.58 bits per heavy atom. The molecule has 106 valence electrons. The molecule has 0 aromatic heterocycles. The van der Waals surface area contributed by atoms with Gasteiger partial charge in [0.1, 0.15) is 12.7 Å². The van der Waals surface area contributed by atoms with E-state index in [1.807, 2.05) is 0 Å². The molecule has 19 heavy (non-hydrogen) atoms. The summed E-state index contributed by atoms with van der Waals surface area (Å²) in [5, 5.41) is 29.6. The predicted octanol–water partition coefficient (Wildman–Crippen LogP) is 1.55. The van der Waals surface area contributed by atoms with E-state index in [0.717, 1.165) is 12.1 Å². The third-order valence-corrected chi connectivity index (χ3v) is 2.73. The monoisotopic (exact) mass is 273 g/mol. The number of ether oxygens (including phenoxy) is 1. The highest BCUT2D eigenvalue weighted by molar-refractivity contribution is 5.45. The van der Waals surface area contributed by atoms with Crippen LogP contribution in [0.5, 0.6) is 5.75 Å². The van der Waals surface area contributed by atoms with E-state index in [1.54, 1.807) is 0 Å². The molecule has 0 aliphatic carbocycles. The van der Waals surface area contributed by atoms with Crippen LogP contribution >= 0.6 is 0 Å². The van der Waals surface area contributed by atoms with Crippen molar-refractivity contribution in [3.05, 3.63) is 33.6 Å². The second kappa shape index (κ2) is 5.50. The Morgan fingerprint density at radius 2 is 2.11 bits per heavy atom. The number of halogens is 1. The van der Waals surface area contributed by atoms with Crippen LogP contribution in [0.25, 0.3) is 0 Å². The van der Waals surface area contributed by atoms with Crippen LogP contribution in [0.3, 0.4) is 0 Å². The smallest absolute Gasteiger partial charge is 0.275 e. The van der Waals surface area contributed by atoms with Gasteiger partial charge in [-0.25, -0.2) is 4.39 Å². The Kier molecular flexibility index (Phi) is 4.43. The van der Waals surface area contributed by atoms with Crippen LogP contribution in [0.1, 0.15) is 19.4 Å². The van der Waals surface area contributed by atoms with E-state index in [1.165, 1.54) is 20.8 Å². The largest absolute Gasteiger partial charge is 0.488 e. The maximum absolute atomic E-state index is 13.8. The SMILES string of the molecule is Cc1c([N+](=O)[O-])ccc(OCC(O)C(C)(C)O)c1F. The fourth-order valence-corrected chi connectivity index (χ4v) is 1.33. The number of aliphatic hydroxyl groups is 2.